The highest BCUT2D eigenvalue weighted by Crippen LogP contribution is 2.29. The molecular formula is C15H13N3O3. The lowest BCUT2D eigenvalue weighted by Gasteiger charge is -2.04. The number of pyridine rings is 1. The predicted octanol–water partition coefficient (Wildman–Crippen LogP) is 2.83. The van der Waals surface area contributed by atoms with Gasteiger partial charge in [0.2, 0.25) is 5.82 Å². The molecule has 0 saturated carbocycles. The fourth-order valence-corrected chi connectivity index (χ4v) is 2.09. The summed E-state index contributed by atoms with van der Waals surface area (Å²) in [5.41, 5.74) is 2.79. The summed E-state index contributed by atoms with van der Waals surface area (Å²) in [4.78, 5) is 8.16. The Morgan fingerprint density at radius 1 is 0.952 bits per heavy atom. The van der Waals surface area contributed by atoms with Gasteiger partial charge in [-0.3, -0.25) is 4.98 Å². The van der Waals surface area contributed by atoms with Crippen LogP contribution in [-0.2, 0) is 0 Å². The van der Waals surface area contributed by atoms with E-state index in [0.29, 0.717) is 11.4 Å². The summed E-state index contributed by atoms with van der Waals surface area (Å²) in [7, 11) is 0. The number of nitrogens with zero attached hydrogens (tertiary/aromatic N) is 3. The summed E-state index contributed by atoms with van der Waals surface area (Å²) in [5.74, 6) is 0.986. The molecular weight excluding hydrogens is 270 g/mol. The number of hydrogen-bond donors (Lipinski definition) is 2. The zero-order valence-corrected chi connectivity index (χ0v) is 11.5. The van der Waals surface area contributed by atoms with E-state index in [4.69, 9.17) is 4.52 Å². The molecule has 0 amide bonds. The van der Waals surface area contributed by atoms with Crippen molar-refractivity contribution in [2.75, 3.05) is 0 Å². The maximum absolute atomic E-state index is 9.79. The lowest BCUT2D eigenvalue weighted by molar-refractivity contribution is 0.431. The van der Waals surface area contributed by atoms with E-state index in [2.05, 4.69) is 15.1 Å². The molecule has 2 aromatic heterocycles. The molecule has 0 spiro atoms. The normalized spacial score (nSPS) is 10.8. The van der Waals surface area contributed by atoms with Gasteiger partial charge in [0.15, 0.2) is 0 Å². The molecule has 6 nitrogen and oxygen atoms in total. The molecule has 0 aliphatic rings. The Hall–Kier alpha value is -2.89. The molecule has 0 aliphatic heterocycles. The van der Waals surface area contributed by atoms with E-state index in [9.17, 15) is 10.2 Å². The maximum atomic E-state index is 9.79. The van der Waals surface area contributed by atoms with Gasteiger partial charge in [0, 0.05) is 11.8 Å². The monoisotopic (exact) mass is 283 g/mol. The average Bonchev–Trinajstić information content (AvgIpc) is 2.94. The summed E-state index contributed by atoms with van der Waals surface area (Å²) in [5, 5.41) is 23.1. The minimum absolute atomic E-state index is 0.0311. The van der Waals surface area contributed by atoms with Crippen LogP contribution in [-0.4, -0.2) is 25.3 Å². The van der Waals surface area contributed by atoms with Crippen LogP contribution in [0.4, 0.5) is 0 Å². The minimum Gasteiger partial charge on any atom is -0.507 e. The Morgan fingerprint density at radius 2 is 1.67 bits per heavy atom. The van der Waals surface area contributed by atoms with Gasteiger partial charge in [-0.25, -0.2) is 0 Å². The lowest BCUT2D eigenvalue weighted by atomic mass is 10.1. The second-order valence-corrected chi connectivity index (χ2v) is 4.81. The fourth-order valence-electron chi connectivity index (χ4n) is 2.09. The molecule has 0 saturated heterocycles. The lowest BCUT2D eigenvalue weighted by Crippen LogP contribution is -1.87. The van der Waals surface area contributed by atoms with Crippen molar-refractivity contribution in [3.63, 3.8) is 0 Å². The number of benzene rings is 1. The van der Waals surface area contributed by atoms with Crippen LogP contribution in [0.25, 0.3) is 22.8 Å². The van der Waals surface area contributed by atoms with Crippen LogP contribution >= 0.6 is 0 Å². The molecule has 0 aliphatic carbocycles. The van der Waals surface area contributed by atoms with E-state index in [1.807, 2.05) is 13.8 Å². The van der Waals surface area contributed by atoms with E-state index in [0.717, 1.165) is 16.7 Å². The minimum atomic E-state index is 0.0311. The summed E-state index contributed by atoms with van der Waals surface area (Å²) < 4.78 is 5.20. The summed E-state index contributed by atoms with van der Waals surface area (Å²) in [6.45, 7) is 3.62. The standard InChI is InChI=1S/C15H13N3O3/c1-8-3-10(4-9(2)13(8)20)14-17-15(21-18-14)11-5-12(19)7-16-6-11/h3-7,19-20H,1-2H3. The van der Waals surface area contributed by atoms with Crippen molar-refractivity contribution in [3.8, 4) is 34.3 Å². The molecule has 0 bridgehead atoms. The predicted molar refractivity (Wildman–Crippen MR) is 75.8 cm³/mol. The zero-order valence-electron chi connectivity index (χ0n) is 11.5. The van der Waals surface area contributed by atoms with Gasteiger partial charge in [0.05, 0.1) is 11.8 Å². The molecule has 0 radical (unpaired) electrons. The molecule has 2 N–H and O–H groups in total. The molecule has 1 aromatic carbocycles. The number of aryl methyl sites for hydroxylation is 2. The molecule has 3 aromatic rings. The van der Waals surface area contributed by atoms with Crippen molar-refractivity contribution >= 4 is 0 Å². The Labute approximate surface area is 120 Å². The van der Waals surface area contributed by atoms with Gasteiger partial charge in [0.25, 0.3) is 5.89 Å². The molecule has 6 heteroatoms. The molecule has 2 heterocycles. The molecule has 0 unspecified atom stereocenters. The highest BCUT2D eigenvalue weighted by atomic mass is 16.5. The quantitative estimate of drug-likeness (QED) is 0.751. The third-order valence-corrected chi connectivity index (χ3v) is 3.15. The van der Waals surface area contributed by atoms with Gasteiger partial charge in [-0.05, 0) is 43.2 Å². The first-order chi connectivity index (χ1) is 10.0. The number of hydrogen-bond acceptors (Lipinski definition) is 6. The van der Waals surface area contributed by atoms with E-state index in [1.54, 1.807) is 12.1 Å². The first-order valence-corrected chi connectivity index (χ1v) is 6.33. The van der Waals surface area contributed by atoms with Crippen LogP contribution in [0.5, 0.6) is 11.5 Å². The highest BCUT2D eigenvalue weighted by Gasteiger charge is 2.13. The molecule has 0 fully saturated rings. The van der Waals surface area contributed by atoms with Crippen molar-refractivity contribution in [1.29, 1.82) is 0 Å². The smallest absolute Gasteiger partial charge is 0.259 e. The van der Waals surface area contributed by atoms with Gasteiger partial charge in [-0.1, -0.05) is 5.16 Å². The number of aromatic hydroxyl groups is 2. The van der Waals surface area contributed by atoms with Gasteiger partial charge >= 0.3 is 0 Å². The third-order valence-electron chi connectivity index (χ3n) is 3.15. The van der Waals surface area contributed by atoms with Crippen molar-refractivity contribution in [2.45, 2.75) is 13.8 Å². The number of rotatable bonds is 2. The Morgan fingerprint density at radius 3 is 2.33 bits per heavy atom. The SMILES string of the molecule is Cc1cc(-c2noc(-c3cncc(O)c3)n2)cc(C)c1O. The Balaban J connectivity index is 2.02. The summed E-state index contributed by atoms with van der Waals surface area (Å²) >= 11 is 0. The molecule has 0 atom stereocenters. The first kappa shape index (κ1) is 13.1. The second-order valence-electron chi connectivity index (χ2n) is 4.81. The van der Waals surface area contributed by atoms with Crippen LogP contribution < -0.4 is 0 Å². The van der Waals surface area contributed by atoms with Crippen molar-refractivity contribution < 1.29 is 14.7 Å². The van der Waals surface area contributed by atoms with Gasteiger partial charge in [-0.2, -0.15) is 4.98 Å². The number of phenolic OH excluding ortho intramolecular Hbond substituents is 1. The third kappa shape index (κ3) is 2.43. The van der Waals surface area contributed by atoms with Crippen molar-refractivity contribution in [3.05, 3.63) is 41.7 Å². The summed E-state index contributed by atoms with van der Waals surface area (Å²) in [6.07, 6.45) is 2.86. The number of phenols is 1. The molecule has 106 valence electrons. The van der Waals surface area contributed by atoms with E-state index >= 15 is 0 Å². The van der Waals surface area contributed by atoms with Gasteiger partial charge in [-0.15, -0.1) is 0 Å². The number of aromatic nitrogens is 3. The Bertz CT molecular complexity index is 788. The average molecular weight is 283 g/mol. The van der Waals surface area contributed by atoms with Crippen LogP contribution in [0, 0.1) is 13.8 Å². The highest BCUT2D eigenvalue weighted by molar-refractivity contribution is 5.63. The topological polar surface area (TPSA) is 92.3 Å². The van der Waals surface area contributed by atoms with Crippen molar-refractivity contribution in [2.24, 2.45) is 0 Å². The van der Waals surface area contributed by atoms with Crippen LogP contribution in [0.15, 0.2) is 35.1 Å². The van der Waals surface area contributed by atoms with E-state index in [-0.39, 0.29) is 17.4 Å². The Kier molecular flexibility index (Phi) is 3.06. The maximum Gasteiger partial charge on any atom is 0.259 e. The van der Waals surface area contributed by atoms with Gasteiger partial charge < -0.3 is 14.7 Å². The van der Waals surface area contributed by atoms with Crippen LogP contribution in [0.3, 0.4) is 0 Å². The van der Waals surface area contributed by atoms with Gasteiger partial charge in [0.1, 0.15) is 11.5 Å². The van der Waals surface area contributed by atoms with Crippen LogP contribution in [0.1, 0.15) is 11.1 Å². The molecule has 3 rings (SSSR count). The van der Waals surface area contributed by atoms with Crippen LogP contribution in [0.2, 0.25) is 0 Å². The first-order valence-electron chi connectivity index (χ1n) is 6.33. The summed E-state index contributed by atoms with van der Waals surface area (Å²) in [6, 6.07) is 5.08. The second kappa shape index (κ2) is 4.90. The molecule has 21 heavy (non-hydrogen) atoms. The van der Waals surface area contributed by atoms with E-state index < -0.39 is 0 Å². The largest absolute Gasteiger partial charge is 0.507 e. The fraction of sp³-hybridized carbons (Fsp3) is 0.133. The van der Waals surface area contributed by atoms with E-state index in [1.165, 1.54) is 18.5 Å². The van der Waals surface area contributed by atoms with Crippen molar-refractivity contribution in [1.82, 2.24) is 15.1 Å². The zero-order chi connectivity index (χ0) is 15.0.